The van der Waals surface area contributed by atoms with Crippen LogP contribution in [0.3, 0.4) is 0 Å². The number of nitrogens with zero attached hydrogens (tertiary/aromatic N) is 1. The fourth-order valence-electron chi connectivity index (χ4n) is 2.46. The summed E-state index contributed by atoms with van der Waals surface area (Å²) in [5.74, 6) is 0.749. The van der Waals surface area contributed by atoms with E-state index in [0.29, 0.717) is 25.6 Å². The minimum Gasteiger partial charge on any atom is -0.378 e. The number of rotatable bonds is 3. The second kappa shape index (κ2) is 4.34. The number of amides is 1. The first-order valence-electron chi connectivity index (χ1n) is 6.08. The fourth-order valence-corrected chi connectivity index (χ4v) is 2.46. The van der Waals surface area contributed by atoms with Crippen molar-refractivity contribution in [2.24, 2.45) is 5.92 Å². The van der Waals surface area contributed by atoms with Crippen LogP contribution in [0.15, 0.2) is 0 Å². The van der Waals surface area contributed by atoms with Crippen molar-refractivity contribution >= 4 is 5.91 Å². The molecule has 0 radical (unpaired) electrons. The minimum atomic E-state index is -0.700. The van der Waals surface area contributed by atoms with E-state index < -0.39 is 5.60 Å². The van der Waals surface area contributed by atoms with Gasteiger partial charge in [-0.1, -0.05) is 6.92 Å². The lowest BCUT2D eigenvalue weighted by Crippen LogP contribution is -2.59. The Hall–Kier alpha value is -0.610. The van der Waals surface area contributed by atoms with E-state index in [-0.39, 0.29) is 12.0 Å². The summed E-state index contributed by atoms with van der Waals surface area (Å²) in [5.41, 5.74) is -0.700. The van der Waals surface area contributed by atoms with Crippen molar-refractivity contribution in [3.8, 4) is 0 Å². The first-order chi connectivity index (χ1) is 7.53. The van der Waals surface area contributed by atoms with E-state index in [1.807, 2.05) is 18.7 Å². The summed E-state index contributed by atoms with van der Waals surface area (Å²) >= 11 is 0. The highest BCUT2D eigenvalue weighted by Gasteiger charge is 2.48. The van der Waals surface area contributed by atoms with Gasteiger partial charge in [0.25, 0.3) is 5.91 Å². The summed E-state index contributed by atoms with van der Waals surface area (Å²) in [5, 5.41) is 0. The van der Waals surface area contributed by atoms with Gasteiger partial charge < -0.3 is 14.4 Å². The molecule has 92 valence electrons. The van der Waals surface area contributed by atoms with Gasteiger partial charge in [-0.05, 0) is 19.8 Å². The van der Waals surface area contributed by atoms with Gasteiger partial charge in [0, 0.05) is 19.5 Å². The Morgan fingerprint density at radius 2 is 2.19 bits per heavy atom. The zero-order chi connectivity index (χ0) is 11.8. The molecule has 0 saturated carbocycles. The average Bonchev–Trinajstić information content (AvgIpc) is 2.60. The van der Waals surface area contributed by atoms with Crippen molar-refractivity contribution in [1.29, 1.82) is 0 Å². The zero-order valence-electron chi connectivity index (χ0n) is 10.4. The van der Waals surface area contributed by atoms with Gasteiger partial charge in [0.05, 0.1) is 19.3 Å². The summed E-state index contributed by atoms with van der Waals surface area (Å²) in [4.78, 5) is 14.2. The number of ether oxygens (including phenoxy) is 2. The molecule has 0 aromatic carbocycles. The van der Waals surface area contributed by atoms with E-state index in [2.05, 4.69) is 6.92 Å². The number of carbonyl (C=O) groups is 1. The molecule has 0 bridgehead atoms. The van der Waals surface area contributed by atoms with Crippen LogP contribution in [-0.4, -0.2) is 48.8 Å². The molecule has 2 rings (SSSR count). The highest BCUT2D eigenvalue weighted by Crippen LogP contribution is 2.30. The molecule has 0 aliphatic carbocycles. The summed E-state index contributed by atoms with van der Waals surface area (Å²) in [7, 11) is 0. The molecule has 2 aliphatic rings. The summed E-state index contributed by atoms with van der Waals surface area (Å²) < 4.78 is 11.2. The van der Waals surface area contributed by atoms with E-state index in [4.69, 9.17) is 9.47 Å². The molecule has 16 heavy (non-hydrogen) atoms. The lowest BCUT2D eigenvalue weighted by Gasteiger charge is -2.42. The summed E-state index contributed by atoms with van der Waals surface area (Å²) in [6.07, 6.45) is 0.749. The first-order valence-corrected chi connectivity index (χ1v) is 6.08. The SMILES string of the molecule is CC1CN(C(=O)C2(OC(C)C)CCOC2)C1. The number of hydrogen-bond donors (Lipinski definition) is 0. The summed E-state index contributed by atoms with van der Waals surface area (Å²) in [6.45, 7) is 8.85. The van der Waals surface area contributed by atoms with Gasteiger partial charge in [0.15, 0.2) is 5.60 Å². The normalized spacial score (nSPS) is 30.9. The lowest BCUT2D eigenvalue weighted by atomic mass is 9.95. The Bertz CT molecular complexity index is 265. The largest absolute Gasteiger partial charge is 0.378 e. The van der Waals surface area contributed by atoms with Gasteiger partial charge in [-0.15, -0.1) is 0 Å². The van der Waals surface area contributed by atoms with Crippen molar-refractivity contribution in [3.05, 3.63) is 0 Å². The molecule has 0 aromatic heterocycles. The Morgan fingerprint density at radius 3 is 2.62 bits per heavy atom. The third-order valence-corrected chi connectivity index (χ3v) is 3.19. The van der Waals surface area contributed by atoms with Crippen LogP contribution in [0.4, 0.5) is 0 Å². The Balaban J connectivity index is 2.04. The van der Waals surface area contributed by atoms with Crippen LogP contribution in [0.2, 0.25) is 0 Å². The third-order valence-electron chi connectivity index (χ3n) is 3.19. The third kappa shape index (κ3) is 2.09. The highest BCUT2D eigenvalue weighted by molar-refractivity contribution is 5.86. The first kappa shape index (κ1) is 11.9. The predicted molar refractivity (Wildman–Crippen MR) is 60.1 cm³/mol. The van der Waals surface area contributed by atoms with Crippen molar-refractivity contribution < 1.29 is 14.3 Å². The van der Waals surface area contributed by atoms with Crippen molar-refractivity contribution in [3.63, 3.8) is 0 Å². The maximum absolute atomic E-state index is 12.4. The molecular formula is C12H21NO3. The van der Waals surface area contributed by atoms with Crippen LogP contribution in [0.25, 0.3) is 0 Å². The van der Waals surface area contributed by atoms with Crippen LogP contribution < -0.4 is 0 Å². The molecule has 2 aliphatic heterocycles. The maximum atomic E-state index is 12.4. The molecular weight excluding hydrogens is 206 g/mol. The maximum Gasteiger partial charge on any atom is 0.257 e. The molecule has 2 saturated heterocycles. The van der Waals surface area contributed by atoms with Crippen LogP contribution in [0.1, 0.15) is 27.2 Å². The van der Waals surface area contributed by atoms with E-state index in [0.717, 1.165) is 13.1 Å². The Morgan fingerprint density at radius 1 is 1.50 bits per heavy atom. The molecule has 0 aromatic rings. The minimum absolute atomic E-state index is 0.0596. The molecule has 4 heteroatoms. The predicted octanol–water partition coefficient (Wildman–Crippen LogP) is 1.05. The number of hydrogen-bond acceptors (Lipinski definition) is 3. The fraction of sp³-hybridized carbons (Fsp3) is 0.917. The standard InChI is InChI=1S/C12H21NO3/c1-9(2)16-12(4-5-15-8-12)11(14)13-6-10(3)7-13/h9-10H,4-8H2,1-3H3. The van der Waals surface area contributed by atoms with Crippen LogP contribution in [0.5, 0.6) is 0 Å². The van der Waals surface area contributed by atoms with Crippen molar-refractivity contribution in [2.45, 2.75) is 38.9 Å². The van der Waals surface area contributed by atoms with Gasteiger partial charge in [-0.25, -0.2) is 0 Å². The van der Waals surface area contributed by atoms with Crippen molar-refractivity contribution in [2.75, 3.05) is 26.3 Å². The molecule has 1 atom stereocenters. The van der Waals surface area contributed by atoms with E-state index in [1.54, 1.807) is 0 Å². The average molecular weight is 227 g/mol. The van der Waals surface area contributed by atoms with E-state index in [1.165, 1.54) is 0 Å². The summed E-state index contributed by atoms with van der Waals surface area (Å²) in [6, 6.07) is 0. The zero-order valence-corrected chi connectivity index (χ0v) is 10.4. The second-order valence-electron chi connectivity index (χ2n) is 5.28. The van der Waals surface area contributed by atoms with Crippen molar-refractivity contribution in [1.82, 2.24) is 4.90 Å². The van der Waals surface area contributed by atoms with Crippen LogP contribution in [0, 0.1) is 5.92 Å². The van der Waals surface area contributed by atoms with Gasteiger partial charge >= 0.3 is 0 Å². The van der Waals surface area contributed by atoms with Gasteiger partial charge in [0.2, 0.25) is 0 Å². The molecule has 2 heterocycles. The van der Waals surface area contributed by atoms with E-state index >= 15 is 0 Å². The molecule has 4 nitrogen and oxygen atoms in total. The Kier molecular flexibility index (Phi) is 3.22. The highest BCUT2D eigenvalue weighted by atomic mass is 16.6. The molecule has 0 N–H and O–H groups in total. The van der Waals surface area contributed by atoms with Gasteiger partial charge in [0.1, 0.15) is 0 Å². The van der Waals surface area contributed by atoms with Crippen LogP contribution >= 0.6 is 0 Å². The smallest absolute Gasteiger partial charge is 0.257 e. The van der Waals surface area contributed by atoms with Gasteiger partial charge in [-0.3, -0.25) is 4.79 Å². The quantitative estimate of drug-likeness (QED) is 0.723. The molecule has 1 unspecified atom stereocenters. The lowest BCUT2D eigenvalue weighted by molar-refractivity contribution is -0.170. The molecule has 0 spiro atoms. The second-order valence-corrected chi connectivity index (χ2v) is 5.28. The monoisotopic (exact) mass is 227 g/mol. The van der Waals surface area contributed by atoms with E-state index in [9.17, 15) is 4.79 Å². The van der Waals surface area contributed by atoms with Crippen LogP contribution in [-0.2, 0) is 14.3 Å². The number of likely N-dealkylation sites (tertiary alicyclic amines) is 1. The number of carbonyl (C=O) groups excluding carboxylic acids is 1. The topological polar surface area (TPSA) is 38.8 Å². The molecule has 2 fully saturated rings. The molecule has 1 amide bonds. The Labute approximate surface area is 96.9 Å². The van der Waals surface area contributed by atoms with Gasteiger partial charge in [-0.2, -0.15) is 0 Å².